The van der Waals surface area contributed by atoms with Gasteiger partial charge in [0.25, 0.3) is 0 Å². The lowest BCUT2D eigenvalue weighted by molar-refractivity contribution is -0.130. The van der Waals surface area contributed by atoms with Crippen LogP contribution in [0.3, 0.4) is 0 Å². The molecule has 2 heterocycles. The zero-order valence-electron chi connectivity index (χ0n) is 14.8. The van der Waals surface area contributed by atoms with Gasteiger partial charge in [-0.1, -0.05) is 17.3 Å². The summed E-state index contributed by atoms with van der Waals surface area (Å²) in [5, 5.41) is 7.44. The number of benzene rings is 1. The van der Waals surface area contributed by atoms with Crippen molar-refractivity contribution in [3.8, 4) is 11.3 Å². The van der Waals surface area contributed by atoms with E-state index in [0.29, 0.717) is 30.0 Å². The lowest BCUT2D eigenvalue weighted by Gasteiger charge is -2.20. The van der Waals surface area contributed by atoms with Gasteiger partial charge in [0, 0.05) is 37.2 Å². The number of nitrogens with one attached hydrogen (secondary N) is 1. The van der Waals surface area contributed by atoms with Crippen LogP contribution in [0.5, 0.6) is 0 Å². The summed E-state index contributed by atoms with van der Waals surface area (Å²) in [6.07, 6.45) is 4.92. The standard InChI is InChI=1S/C20H24FN3O2/c21-18-4-2-1-3-17(18)19-11-16(26-23-19)12-22-15-7-8-20(25)24(10-9-15)13-14-5-6-14/h1-4,11,14-15,22H,5-10,12-13H2. The molecular formula is C20H24FN3O2. The van der Waals surface area contributed by atoms with Gasteiger partial charge < -0.3 is 14.7 Å². The molecule has 1 aliphatic heterocycles. The van der Waals surface area contributed by atoms with Gasteiger partial charge in [0.1, 0.15) is 11.5 Å². The molecule has 2 fully saturated rings. The third kappa shape index (κ3) is 4.12. The van der Waals surface area contributed by atoms with Gasteiger partial charge in [0.2, 0.25) is 5.91 Å². The van der Waals surface area contributed by atoms with E-state index in [-0.39, 0.29) is 17.8 Å². The van der Waals surface area contributed by atoms with Crippen LogP contribution >= 0.6 is 0 Å². The maximum atomic E-state index is 13.8. The maximum absolute atomic E-state index is 13.8. The lowest BCUT2D eigenvalue weighted by Crippen LogP contribution is -2.33. The van der Waals surface area contributed by atoms with E-state index in [2.05, 4.69) is 10.5 Å². The van der Waals surface area contributed by atoms with Crippen molar-refractivity contribution in [3.05, 3.63) is 41.9 Å². The summed E-state index contributed by atoms with van der Waals surface area (Å²) < 4.78 is 19.2. The van der Waals surface area contributed by atoms with Gasteiger partial charge in [0.15, 0.2) is 5.76 Å². The van der Waals surface area contributed by atoms with E-state index in [4.69, 9.17) is 4.52 Å². The molecule has 138 valence electrons. The number of likely N-dealkylation sites (tertiary alicyclic amines) is 1. The fraction of sp³-hybridized carbons (Fsp3) is 0.500. The van der Waals surface area contributed by atoms with Crippen molar-refractivity contribution in [3.63, 3.8) is 0 Å². The molecule has 0 radical (unpaired) electrons. The van der Waals surface area contributed by atoms with E-state index in [9.17, 15) is 9.18 Å². The van der Waals surface area contributed by atoms with E-state index in [1.54, 1.807) is 24.3 Å². The minimum atomic E-state index is -0.307. The number of nitrogens with zero attached hydrogens (tertiary/aromatic N) is 2. The van der Waals surface area contributed by atoms with Crippen LogP contribution in [0.4, 0.5) is 4.39 Å². The second kappa shape index (κ2) is 7.58. The van der Waals surface area contributed by atoms with Crippen molar-refractivity contribution >= 4 is 5.91 Å². The van der Waals surface area contributed by atoms with Gasteiger partial charge in [-0.3, -0.25) is 4.79 Å². The number of amides is 1. The van der Waals surface area contributed by atoms with E-state index in [0.717, 1.165) is 31.8 Å². The van der Waals surface area contributed by atoms with E-state index < -0.39 is 0 Å². The third-order valence-electron chi connectivity index (χ3n) is 5.26. The SMILES string of the molecule is O=C1CCC(NCc2cc(-c3ccccc3F)no2)CCN1CC1CC1. The first-order valence-electron chi connectivity index (χ1n) is 9.40. The van der Waals surface area contributed by atoms with Crippen molar-refractivity contribution < 1.29 is 13.7 Å². The molecule has 1 N–H and O–H groups in total. The van der Waals surface area contributed by atoms with Crippen LogP contribution in [0, 0.1) is 11.7 Å². The molecule has 1 saturated carbocycles. The van der Waals surface area contributed by atoms with Gasteiger partial charge in [-0.2, -0.15) is 0 Å². The topological polar surface area (TPSA) is 58.4 Å². The number of aromatic nitrogens is 1. The highest BCUT2D eigenvalue weighted by molar-refractivity contribution is 5.76. The van der Waals surface area contributed by atoms with Crippen LogP contribution in [-0.4, -0.2) is 35.1 Å². The van der Waals surface area contributed by atoms with E-state index in [1.165, 1.54) is 18.9 Å². The minimum absolute atomic E-state index is 0.280. The smallest absolute Gasteiger partial charge is 0.222 e. The molecule has 1 aromatic heterocycles. The Morgan fingerprint density at radius 3 is 2.88 bits per heavy atom. The molecule has 2 aromatic rings. The molecule has 6 heteroatoms. The highest BCUT2D eigenvalue weighted by atomic mass is 19.1. The third-order valence-corrected chi connectivity index (χ3v) is 5.26. The average molecular weight is 357 g/mol. The summed E-state index contributed by atoms with van der Waals surface area (Å²) in [6.45, 7) is 2.28. The fourth-order valence-corrected chi connectivity index (χ4v) is 3.48. The first-order chi connectivity index (χ1) is 12.7. The maximum Gasteiger partial charge on any atom is 0.222 e. The number of carbonyl (C=O) groups is 1. The van der Waals surface area contributed by atoms with Gasteiger partial charge in [0.05, 0.1) is 6.54 Å². The largest absolute Gasteiger partial charge is 0.359 e. The molecule has 5 nitrogen and oxygen atoms in total. The summed E-state index contributed by atoms with van der Waals surface area (Å²) in [4.78, 5) is 14.3. The average Bonchev–Trinajstić information content (AvgIpc) is 3.38. The molecule has 0 spiro atoms. The van der Waals surface area contributed by atoms with Crippen molar-refractivity contribution in [2.24, 2.45) is 5.92 Å². The molecule has 1 aromatic carbocycles. The quantitative estimate of drug-likeness (QED) is 0.861. The summed E-state index contributed by atoms with van der Waals surface area (Å²) in [7, 11) is 0. The van der Waals surface area contributed by atoms with Crippen molar-refractivity contribution in [1.82, 2.24) is 15.4 Å². The minimum Gasteiger partial charge on any atom is -0.359 e. The van der Waals surface area contributed by atoms with Gasteiger partial charge in [-0.25, -0.2) is 4.39 Å². The Balaban J connectivity index is 1.31. The zero-order valence-corrected chi connectivity index (χ0v) is 14.8. The molecule has 0 bridgehead atoms. The number of halogens is 1. The monoisotopic (exact) mass is 357 g/mol. The molecule has 1 atom stereocenters. The molecule has 1 saturated heterocycles. The fourth-order valence-electron chi connectivity index (χ4n) is 3.48. The normalized spacial score (nSPS) is 21.0. The van der Waals surface area contributed by atoms with Gasteiger partial charge in [-0.05, 0) is 43.7 Å². The Morgan fingerprint density at radius 2 is 2.08 bits per heavy atom. The Hall–Kier alpha value is -2.21. The molecule has 26 heavy (non-hydrogen) atoms. The molecular weight excluding hydrogens is 333 g/mol. The Morgan fingerprint density at radius 1 is 1.23 bits per heavy atom. The first-order valence-corrected chi connectivity index (χ1v) is 9.40. The summed E-state index contributed by atoms with van der Waals surface area (Å²) in [5.74, 6) is 1.38. The van der Waals surface area contributed by atoms with Crippen LogP contribution in [0.2, 0.25) is 0 Å². The zero-order chi connectivity index (χ0) is 17.9. The molecule has 2 aliphatic rings. The predicted molar refractivity (Wildman–Crippen MR) is 95.7 cm³/mol. The van der Waals surface area contributed by atoms with Crippen LogP contribution in [0.1, 0.15) is 37.9 Å². The second-order valence-corrected chi connectivity index (χ2v) is 7.35. The number of hydrogen-bond donors (Lipinski definition) is 1. The van der Waals surface area contributed by atoms with E-state index in [1.807, 2.05) is 4.90 Å². The van der Waals surface area contributed by atoms with E-state index >= 15 is 0 Å². The Labute approximate surface area is 152 Å². The molecule has 1 aliphatic carbocycles. The predicted octanol–water partition coefficient (Wildman–Crippen LogP) is 3.36. The number of rotatable bonds is 6. The van der Waals surface area contributed by atoms with Gasteiger partial charge in [-0.15, -0.1) is 0 Å². The molecule has 1 amide bonds. The second-order valence-electron chi connectivity index (χ2n) is 7.35. The van der Waals surface area contributed by atoms with Crippen LogP contribution < -0.4 is 5.32 Å². The summed E-state index contributed by atoms with van der Waals surface area (Å²) in [5.41, 5.74) is 0.949. The highest BCUT2D eigenvalue weighted by Gasteiger charge is 2.29. The number of hydrogen-bond acceptors (Lipinski definition) is 4. The molecule has 4 rings (SSSR count). The first kappa shape index (κ1) is 17.2. The van der Waals surface area contributed by atoms with Crippen molar-refractivity contribution in [2.75, 3.05) is 13.1 Å². The lowest BCUT2D eigenvalue weighted by atomic mass is 10.1. The van der Waals surface area contributed by atoms with Crippen LogP contribution in [0.15, 0.2) is 34.9 Å². The molecule has 1 unspecified atom stereocenters. The van der Waals surface area contributed by atoms with Crippen molar-refractivity contribution in [2.45, 2.75) is 44.7 Å². The van der Waals surface area contributed by atoms with Crippen LogP contribution in [0.25, 0.3) is 11.3 Å². The van der Waals surface area contributed by atoms with Gasteiger partial charge >= 0.3 is 0 Å². The summed E-state index contributed by atoms with van der Waals surface area (Å²) >= 11 is 0. The number of carbonyl (C=O) groups excluding carboxylic acids is 1. The van der Waals surface area contributed by atoms with Crippen LogP contribution in [-0.2, 0) is 11.3 Å². The Kier molecular flexibility index (Phi) is 5.02. The summed E-state index contributed by atoms with van der Waals surface area (Å²) in [6, 6.07) is 8.59. The van der Waals surface area contributed by atoms with Crippen molar-refractivity contribution in [1.29, 1.82) is 0 Å². The Bertz CT molecular complexity index is 772. The highest BCUT2D eigenvalue weighted by Crippen LogP contribution is 2.30.